The molecule has 0 saturated heterocycles. The van der Waals surface area contributed by atoms with Crippen LogP contribution >= 0.6 is 0 Å². The Labute approximate surface area is 134 Å². The second kappa shape index (κ2) is 14.0. The van der Waals surface area contributed by atoms with Crippen LogP contribution in [-0.2, 0) is 19.5 Å². The molecule has 0 heterocycles. The van der Waals surface area contributed by atoms with Gasteiger partial charge in [0, 0.05) is 30.9 Å². The van der Waals surface area contributed by atoms with Crippen LogP contribution in [0.15, 0.2) is 24.3 Å². The smallest absolute Gasteiger partial charge is 1.00 e. The van der Waals surface area contributed by atoms with Gasteiger partial charge in [-0.1, -0.05) is 0 Å². The molecule has 1 rings (SSSR count). The molecular weight excluding hydrogens is 334 g/mol. The first kappa shape index (κ1) is 25.7. The number of anilines is 1. The van der Waals surface area contributed by atoms with Gasteiger partial charge in [-0.25, -0.2) is 0 Å². The Kier molecular flexibility index (Phi) is 21.2. The SMILES string of the molecule is CCN(CC)c1ccc([N+]#N)cc1.[Cl-].[Cl-].[Cl-].[Zn+2]. The number of diazo groups is 1. The molecule has 92 valence electrons. The molecule has 1 aromatic carbocycles. The first-order chi connectivity index (χ1) is 6.31. The molecular formula is C10H14Cl3N3Zn. The third-order valence-corrected chi connectivity index (χ3v) is 2.09. The molecule has 0 fully saturated rings. The van der Waals surface area contributed by atoms with Crippen LogP contribution in [-0.4, -0.2) is 13.1 Å². The predicted molar refractivity (Wildman–Crippen MR) is 54.7 cm³/mol. The molecule has 0 amide bonds. The molecule has 17 heavy (non-hydrogen) atoms. The maximum absolute atomic E-state index is 8.49. The Morgan fingerprint density at radius 1 is 1.00 bits per heavy atom. The van der Waals surface area contributed by atoms with Gasteiger partial charge in [0.1, 0.15) is 0 Å². The zero-order chi connectivity index (χ0) is 9.68. The Morgan fingerprint density at radius 3 is 1.71 bits per heavy atom. The summed E-state index contributed by atoms with van der Waals surface area (Å²) in [5.41, 5.74) is 1.76. The zero-order valence-electron chi connectivity index (χ0n) is 9.91. The average Bonchev–Trinajstić information content (AvgIpc) is 2.21. The molecule has 0 unspecified atom stereocenters. The summed E-state index contributed by atoms with van der Waals surface area (Å²) < 4.78 is 0. The zero-order valence-corrected chi connectivity index (χ0v) is 15.1. The number of hydrogen-bond acceptors (Lipinski definition) is 2. The van der Waals surface area contributed by atoms with E-state index in [0.717, 1.165) is 18.8 Å². The first-order valence-corrected chi connectivity index (χ1v) is 4.52. The maximum atomic E-state index is 8.49. The van der Waals surface area contributed by atoms with E-state index >= 15 is 0 Å². The minimum absolute atomic E-state index is 0. The van der Waals surface area contributed by atoms with Crippen LogP contribution in [0.5, 0.6) is 0 Å². The summed E-state index contributed by atoms with van der Waals surface area (Å²) in [6.07, 6.45) is 0. The first-order valence-electron chi connectivity index (χ1n) is 4.52. The minimum Gasteiger partial charge on any atom is -1.00 e. The molecule has 0 radical (unpaired) electrons. The van der Waals surface area contributed by atoms with Gasteiger partial charge in [-0.3, -0.25) is 0 Å². The van der Waals surface area contributed by atoms with E-state index in [2.05, 4.69) is 23.7 Å². The van der Waals surface area contributed by atoms with Crippen molar-refractivity contribution in [3.63, 3.8) is 0 Å². The third kappa shape index (κ3) is 7.79. The van der Waals surface area contributed by atoms with Gasteiger partial charge in [0.05, 0.1) is 0 Å². The van der Waals surface area contributed by atoms with Crippen LogP contribution in [0.25, 0.3) is 4.98 Å². The standard InChI is InChI=1S/C10H14N3.3ClH.Zn/c1-3-13(4-2)10-7-5-9(12-11)6-8-10;;;;/h5-8H,3-4H2,1-2H3;3*1H;/q+1;;;;+2/p-3. The molecule has 0 saturated carbocycles. The van der Waals surface area contributed by atoms with Gasteiger partial charge < -0.3 is 42.1 Å². The summed E-state index contributed by atoms with van der Waals surface area (Å²) in [5, 5.41) is 8.49. The molecule has 0 aliphatic rings. The molecule has 0 aliphatic carbocycles. The van der Waals surface area contributed by atoms with Crippen molar-refractivity contribution in [3.05, 3.63) is 29.2 Å². The Hall–Kier alpha value is -0.0666. The fourth-order valence-corrected chi connectivity index (χ4v) is 1.32. The molecule has 0 bridgehead atoms. The maximum Gasteiger partial charge on any atom is 2.00 e. The molecule has 0 aliphatic heterocycles. The van der Waals surface area contributed by atoms with E-state index in [-0.39, 0.29) is 56.7 Å². The van der Waals surface area contributed by atoms with Gasteiger partial charge in [-0.2, -0.15) is 0 Å². The van der Waals surface area contributed by atoms with E-state index in [1.807, 2.05) is 12.1 Å². The van der Waals surface area contributed by atoms with Gasteiger partial charge >= 0.3 is 25.2 Å². The second-order valence-electron chi connectivity index (χ2n) is 2.79. The monoisotopic (exact) mass is 345 g/mol. The Bertz CT molecular complexity index is 310. The van der Waals surface area contributed by atoms with Gasteiger partial charge in [0.25, 0.3) is 0 Å². The quantitative estimate of drug-likeness (QED) is 0.403. The van der Waals surface area contributed by atoms with Crippen LogP contribution in [0, 0.1) is 5.39 Å². The number of nitrogens with zero attached hydrogens (tertiary/aromatic N) is 3. The fourth-order valence-electron chi connectivity index (χ4n) is 1.32. The Morgan fingerprint density at radius 2 is 1.41 bits per heavy atom. The minimum atomic E-state index is 0. The van der Waals surface area contributed by atoms with Crippen molar-refractivity contribution in [2.45, 2.75) is 13.8 Å². The summed E-state index contributed by atoms with van der Waals surface area (Å²) in [5.74, 6) is 0. The van der Waals surface area contributed by atoms with E-state index < -0.39 is 0 Å². The van der Waals surface area contributed by atoms with Gasteiger partial charge in [0.2, 0.25) is 5.39 Å². The third-order valence-electron chi connectivity index (χ3n) is 2.09. The molecule has 0 N–H and O–H groups in total. The summed E-state index contributed by atoms with van der Waals surface area (Å²) in [4.78, 5) is 5.34. The number of hydrogen-bond donors (Lipinski definition) is 0. The van der Waals surface area contributed by atoms with E-state index in [1.165, 1.54) is 0 Å². The average molecular weight is 348 g/mol. The number of benzene rings is 1. The molecule has 0 spiro atoms. The van der Waals surface area contributed by atoms with Crippen molar-refractivity contribution in [2.75, 3.05) is 18.0 Å². The molecule has 7 heteroatoms. The van der Waals surface area contributed by atoms with E-state index in [1.54, 1.807) is 12.1 Å². The van der Waals surface area contributed by atoms with Crippen LogP contribution in [0.3, 0.4) is 0 Å². The largest absolute Gasteiger partial charge is 2.00 e. The van der Waals surface area contributed by atoms with E-state index in [9.17, 15) is 0 Å². The van der Waals surface area contributed by atoms with Crippen LogP contribution in [0.1, 0.15) is 13.8 Å². The van der Waals surface area contributed by atoms with Crippen molar-refractivity contribution in [1.29, 1.82) is 5.39 Å². The summed E-state index contributed by atoms with van der Waals surface area (Å²) >= 11 is 0. The van der Waals surface area contributed by atoms with Crippen molar-refractivity contribution in [3.8, 4) is 0 Å². The van der Waals surface area contributed by atoms with Gasteiger partial charge in [-0.05, 0) is 26.0 Å². The van der Waals surface area contributed by atoms with Crippen LogP contribution in [0.2, 0.25) is 0 Å². The molecule has 3 nitrogen and oxygen atoms in total. The van der Waals surface area contributed by atoms with Gasteiger partial charge in [-0.15, -0.1) is 0 Å². The summed E-state index contributed by atoms with van der Waals surface area (Å²) in [6, 6.07) is 7.52. The van der Waals surface area contributed by atoms with Crippen molar-refractivity contribution < 1.29 is 56.7 Å². The molecule has 0 atom stereocenters. The number of halogens is 3. The molecule has 0 aromatic heterocycles. The topological polar surface area (TPSA) is 31.4 Å². The second-order valence-corrected chi connectivity index (χ2v) is 2.79. The van der Waals surface area contributed by atoms with E-state index in [4.69, 9.17) is 5.39 Å². The Balaban J connectivity index is -0.000000211. The van der Waals surface area contributed by atoms with E-state index in [0.29, 0.717) is 5.69 Å². The summed E-state index contributed by atoms with van der Waals surface area (Å²) in [7, 11) is 0. The van der Waals surface area contributed by atoms with Crippen LogP contribution in [0.4, 0.5) is 11.4 Å². The van der Waals surface area contributed by atoms with Gasteiger partial charge in [0.15, 0.2) is 4.98 Å². The van der Waals surface area contributed by atoms with Crippen molar-refractivity contribution in [2.24, 2.45) is 0 Å². The normalized spacial score (nSPS) is 7.12. The molecule has 1 aromatic rings. The van der Waals surface area contributed by atoms with Crippen LogP contribution < -0.4 is 42.1 Å². The van der Waals surface area contributed by atoms with Crippen molar-refractivity contribution in [1.82, 2.24) is 0 Å². The summed E-state index contributed by atoms with van der Waals surface area (Å²) in [6.45, 7) is 6.22. The van der Waals surface area contributed by atoms with Crippen molar-refractivity contribution >= 4 is 11.4 Å². The fraction of sp³-hybridized carbons (Fsp3) is 0.400. The predicted octanol–water partition coefficient (Wildman–Crippen LogP) is -5.97. The number of rotatable bonds is 3.